The van der Waals surface area contributed by atoms with Crippen LogP contribution in [0.2, 0.25) is 0 Å². The fourth-order valence-electron chi connectivity index (χ4n) is 7.29. The summed E-state index contributed by atoms with van der Waals surface area (Å²) in [6, 6.07) is 0. The normalized spacial score (nSPS) is 29.0. The van der Waals surface area contributed by atoms with E-state index in [0.717, 1.165) is 19.3 Å². The molecule has 0 heterocycles. The molecule has 0 N–H and O–H groups in total. The monoisotopic (exact) mass is 549 g/mol. The van der Waals surface area contributed by atoms with Crippen molar-refractivity contribution < 1.29 is 28.6 Å². The maximum atomic E-state index is 14.0. The van der Waals surface area contributed by atoms with E-state index in [9.17, 15) is 14.4 Å². The average molecular weight is 550 g/mol. The lowest BCUT2D eigenvalue weighted by molar-refractivity contribution is -0.198. The molecule has 7 heteroatoms. The van der Waals surface area contributed by atoms with Gasteiger partial charge in [0, 0.05) is 13.0 Å². The van der Waals surface area contributed by atoms with Gasteiger partial charge in [-0.2, -0.15) is 0 Å². The van der Waals surface area contributed by atoms with E-state index < -0.39 is 16.4 Å². The number of hydrogen-bond donors (Lipinski definition) is 0. The Labute approximate surface area is 237 Å². The standard InChI is InChI=1S/C32H55NO6/c1-9-30(5,27(35)37-16-15-33(7)8)13-14-31(6,12-10-11-26(34)38-29(2,3)4)28(36)39-32-20-23-17-24(21-32)19-25(18-23)22-32/h23-25H,9-22H2,1-8H3. The first-order chi connectivity index (χ1) is 18.1. The van der Waals surface area contributed by atoms with Crippen molar-refractivity contribution in [1.29, 1.82) is 0 Å². The van der Waals surface area contributed by atoms with E-state index in [1.165, 1.54) is 19.3 Å². The first kappa shape index (κ1) is 31.9. The van der Waals surface area contributed by atoms with Crippen LogP contribution < -0.4 is 0 Å². The van der Waals surface area contributed by atoms with Crippen molar-refractivity contribution in [3.63, 3.8) is 0 Å². The lowest BCUT2D eigenvalue weighted by atomic mass is 9.54. The van der Waals surface area contributed by atoms with Gasteiger partial charge in [0.1, 0.15) is 17.8 Å². The van der Waals surface area contributed by atoms with Gasteiger partial charge in [-0.1, -0.05) is 6.92 Å². The number of ether oxygens (including phenoxy) is 3. The molecule has 7 nitrogen and oxygen atoms in total. The fourth-order valence-corrected chi connectivity index (χ4v) is 7.29. The minimum absolute atomic E-state index is 0.159. The van der Waals surface area contributed by atoms with Gasteiger partial charge < -0.3 is 19.1 Å². The summed E-state index contributed by atoms with van der Waals surface area (Å²) in [5.41, 5.74) is -2.32. The van der Waals surface area contributed by atoms with Gasteiger partial charge >= 0.3 is 17.9 Å². The Bertz CT molecular complexity index is 841. The third-order valence-corrected chi connectivity index (χ3v) is 9.59. The lowest BCUT2D eigenvalue weighted by Crippen LogP contribution is -2.54. The molecule has 0 amide bonds. The number of hydrogen-bond acceptors (Lipinski definition) is 7. The summed E-state index contributed by atoms with van der Waals surface area (Å²) >= 11 is 0. The summed E-state index contributed by atoms with van der Waals surface area (Å²) in [6.07, 6.45) is 9.82. The molecule has 0 radical (unpaired) electrons. The van der Waals surface area contributed by atoms with E-state index >= 15 is 0 Å². The Kier molecular flexibility index (Phi) is 10.2. The molecule has 2 atom stereocenters. The largest absolute Gasteiger partial charge is 0.464 e. The second-order valence-corrected chi connectivity index (χ2v) is 14.8. The second kappa shape index (κ2) is 12.5. The average Bonchev–Trinajstić information content (AvgIpc) is 2.79. The summed E-state index contributed by atoms with van der Waals surface area (Å²) in [6.45, 7) is 12.5. The first-order valence-electron chi connectivity index (χ1n) is 15.3. The molecule has 4 aliphatic carbocycles. The Morgan fingerprint density at radius 3 is 1.85 bits per heavy atom. The zero-order valence-electron chi connectivity index (χ0n) is 26.0. The van der Waals surface area contributed by atoms with Crippen LogP contribution in [0.5, 0.6) is 0 Å². The highest BCUT2D eigenvalue weighted by molar-refractivity contribution is 5.78. The van der Waals surface area contributed by atoms with Crippen molar-refractivity contribution in [2.75, 3.05) is 27.2 Å². The van der Waals surface area contributed by atoms with Crippen LogP contribution in [0.4, 0.5) is 0 Å². The maximum absolute atomic E-state index is 14.0. The Hall–Kier alpha value is -1.63. The third kappa shape index (κ3) is 8.68. The Morgan fingerprint density at radius 1 is 0.821 bits per heavy atom. The number of carbonyl (C=O) groups excluding carboxylic acids is 3. The zero-order valence-corrected chi connectivity index (χ0v) is 26.0. The van der Waals surface area contributed by atoms with Gasteiger partial charge in [-0.3, -0.25) is 14.4 Å². The van der Waals surface area contributed by atoms with E-state index in [-0.39, 0.29) is 29.9 Å². The van der Waals surface area contributed by atoms with Gasteiger partial charge in [0.05, 0.1) is 10.8 Å². The van der Waals surface area contributed by atoms with Gasteiger partial charge in [0.2, 0.25) is 0 Å². The second-order valence-electron chi connectivity index (χ2n) is 14.8. The molecule has 0 aromatic heterocycles. The highest BCUT2D eigenvalue weighted by atomic mass is 16.6. The quantitative estimate of drug-likeness (QED) is 0.185. The molecule has 4 fully saturated rings. The van der Waals surface area contributed by atoms with Crippen LogP contribution >= 0.6 is 0 Å². The molecule has 224 valence electrons. The molecule has 4 bridgehead atoms. The molecule has 0 aliphatic heterocycles. The molecular formula is C32H55NO6. The number of esters is 3. The van der Waals surface area contributed by atoms with Crippen LogP contribution in [0.25, 0.3) is 0 Å². The van der Waals surface area contributed by atoms with Crippen molar-refractivity contribution in [2.45, 2.75) is 130 Å². The van der Waals surface area contributed by atoms with E-state index in [2.05, 4.69) is 0 Å². The minimum Gasteiger partial charge on any atom is -0.464 e. The third-order valence-electron chi connectivity index (χ3n) is 9.59. The predicted molar refractivity (Wildman–Crippen MR) is 152 cm³/mol. The molecule has 0 aromatic rings. The summed E-state index contributed by atoms with van der Waals surface area (Å²) < 4.78 is 17.7. The molecule has 4 saturated carbocycles. The number of rotatable bonds is 14. The highest BCUT2D eigenvalue weighted by Crippen LogP contribution is 2.57. The van der Waals surface area contributed by atoms with Crippen LogP contribution in [0, 0.1) is 28.6 Å². The van der Waals surface area contributed by atoms with Crippen molar-refractivity contribution in [1.82, 2.24) is 4.90 Å². The van der Waals surface area contributed by atoms with Crippen LogP contribution in [-0.4, -0.2) is 61.3 Å². The van der Waals surface area contributed by atoms with E-state index in [0.29, 0.717) is 63.0 Å². The van der Waals surface area contributed by atoms with Crippen LogP contribution in [0.15, 0.2) is 0 Å². The smallest absolute Gasteiger partial charge is 0.312 e. The number of likely N-dealkylation sites (N-methyl/N-ethyl adjacent to an activating group) is 1. The molecule has 0 saturated heterocycles. The van der Waals surface area contributed by atoms with Crippen molar-refractivity contribution in [3.05, 3.63) is 0 Å². The Balaban J connectivity index is 1.70. The van der Waals surface area contributed by atoms with E-state index in [1.807, 2.05) is 60.5 Å². The number of carbonyl (C=O) groups is 3. The maximum Gasteiger partial charge on any atom is 0.312 e. The summed E-state index contributed by atoms with van der Waals surface area (Å²) in [5.74, 6) is 1.43. The van der Waals surface area contributed by atoms with Crippen molar-refractivity contribution in [2.24, 2.45) is 28.6 Å². The Morgan fingerprint density at radius 2 is 1.36 bits per heavy atom. The van der Waals surface area contributed by atoms with Gasteiger partial charge in [-0.15, -0.1) is 0 Å². The molecule has 39 heavy (non-hydrogen) atoms. The van der Waals surface area contributed by atoms with Crippen LogP contribution in [-0.2, 0) is 28.6 Å². The van der Waals surface area contributed by atoms with E-state index in [1.54, 1.807) is 0 Å². The molecular weight excluding hydrogens is 494 g/mol. The summed E-state index contributed by atoms with van der Waals surface area (Å²) in [4.78, 5) is 41.5. The van der Waals surface area contributed by atoms with Crippen LogP contribution in [0.1, 0.15) is 119 Å². The van der Waals surface area contributed by atoms with Gasteiger partial charge in [-0.25, -0.2) is 0 Å². The van der Waals surface area contributed by atoms with Crippen LogP contribution in [0.3, 0.4) is 0 Å². The number of nitrogens with zero attached hydrogens (tertiary/aromatic N) is 1. The van der Waals surface area contributed by atoms with Gasteiger partial charge in [0.25, 0.3) is 0 Å². The molecule has 4 aliphatic rings. The van der Waals surface area contributed by atoms with Gasteiger partial charge in [-0.05, 0) is 137 Å². The lowest BCUT2D eigenvalue weighted by Gasteiger charge is -2.56. The zero-order chi connectivity index (χ0) is 29.1. The van der Waals surface area contributed by atoms with Crippen molar-refractivity contribution in [3.8, 4) is 0 Å². The topological polar surface area (TPSA) is 82.1 Å². The molecule has 2 unspecified atom stereocenters. The molecule has 0 aromatic carbocycles. The molecule has 0 spiro atoms. The van der Waals surface area contributed by atoms with Gasteiger partial charge in [0.15, 0.2) is 0 Å². The van der Waals surface area contributed by atoms with E-state index in [4.69, 9.17) is 14.2 Å². The van der Waals surface area contributed by atoms with Crippen molar-refractivity contribution >= 4 is 17.9 Å². The summed E-state index contributed by atoms with van der Waals surface area (Å²) in [7, 11) is 3.90. The predicted octanol–water partition coefficient (Wildman–Crippen LogP) is 6.32. The minimum atomic E-state index is -0.786. The fraction of sp³-hybridized carbons (Fsp3) is 0.906. The summed E-state index contributed by atoms with van der Waals surface area (Å²) in [5, 5.41) is 0. The molecule has 4 rings (SSSR count). The SMILES string of the molecule is CCC(C)(CCC(C)(CCCC(=O)OC(C)(C)C)C(=O)OC12CC3CC(CC(C3)C1)C2)C(=O)OCCN(C)C. The first-order valence-corrected chi connectivity index (χ1v) is 15.3. The highest BCUT2D eigenvalue weighted by Gasteiger charge is 2.54.